The maximum atomic E-state index is 13.7. The van der Waals surface area contributed by atoms with Gasteiger partial charge in [-0.15, -0.1) is 0 Å². The van der Waals surface area contributed by atoms with E-state index in [2.05, 4.69) is 91.2 Å². The van der Waals surface area contributed by atoms with Crippen molar-refractivity contribution in [2.24, 2.45) is 5.73 Å². The number of nitrogen functional groups attached to an aromatic ring is 1. The SMILES string of the molecule is Cc1ccc(CC(N)CN2C[C@@H](C)N(C(=O)Cc3ccc4ccccc4c3)C[C@@H]2Cc2ccc(N)cc2)c(C)c1. The topological polar surface area (TPSA) is 75.6 Å². The van der Waals surface area contributed by atoms with E-state index < -0.39 is 0 Å². The van der Waals surface area contributed by atoms with Crippen molar-refractivity contribution in [2.45, 2.75) is 58.2 Å². The number of aryl methyl sites for hydroxylation is 2. The van der Waals surface area contributed by atoms with E-state index in [9.17, 15) is 4.79 Å². The lowest BCUT2D eigenvalue weighted by molar-refractivity contribution is -0.136. The monoisotopic (exact) mass is 534 g/mol. The van der Waals surface area contributed by atoms with Crippen LogP contribution in [0.5, 0.6) is 0 Å². The summed E-state index contributed by atoms with van der Waals surface area (Å²) in [6.45, 7) is 8.75. The summed E-state index contributed by atoms with van der Waals surface area (Å²) in [4.78, 5) is 18.3. The van der Waals surface area contributed by atoms with Gasteiger partial charge in [-0.05, 0) is 78.8 Å². The first kappa shape index (κ1) is 27.9. The summed E-state index contributed by atoms with van der Waals surface area (Å²) in [6, 6.07) is 29.7. The molecule has 208 valence electrons. The molecule has 3 atom stereocenters. The normalized spacial score (nSPS) is 18.6. The van der Waals surface area contributed by atoms with Gasteiger partial charge in [0.15, 0.2) is 0 Å². The van der Waals surface area contributed by atoms with Crippen LogP contribution in [0.3, 0.4) is 0 Å². The maximum absolute atomic E-state index is 13.7. The summed E-state index contributed by atoms with van der Waals surface area (Å²) in [5.74, 6) is 0.185. The summed E-state index contributed by atoms with van der Waals surface area (Å²) >= 11 is 0. The second-order valence-corrected chi connectivity index (χ2v) is 11.7. The molecule has 1 saturated heterocycles. The third kappa shape index (κ3) is 6.72. The highest BCUT2D eigenvalue weighted by Gasteiger charge is 2.34. The van der Waals surface area contributed by atoms with Gasteiger partial charge in [0, 0.05) is 43.4 Å². The van der Waals surface area contributed by atoms with Gasteiger partial charge in [-0.25, -0.2) is 0 Å². The molecular formula is C35H42N4O. The van der Waals surface area contributed by atoms with Gasteiger partial charge in [0.05, 0.1) is 6.42 Å². The number of fused-ring (bicyclic) bond motifs is 1. The van der Waals surface area contributed by atoms with Gasteiger partial charge < -0.3 is 16.4 Å². The summed E-state index contributed by atoms with van der Waals surface area (Å²) in [5.41, 5.74) is 19.7. The van der Waals surface area contributed by atoms with Crippen LogP contribution in [-0.4, -0.2) is 53.5 Å². The number of nitrogens with two attached hydrogens (primary N) is 2. The van der Waals surface area contributed by atoms with Gasteiger partial charge in [0.25, 0.3) is 0 Å². The molecule has 0 spiro atoms. The molecular weight excluding hydrogens is 492 g/mol. The Morgan fingerprint density at radius 3 is 2.38 bits per heavy atom. The van der Waals surface area contributed by atoms with E-state index in [1.54, 1.807) is 0 Å². The molecule has 0 aliphatic carbocycles. The Kier molecular flexibility index (Phi) is 8.53. The summed E-state index contributed by atoms with van der Waals surface area (Å²) in [7, 11) is 0. The van der Waals surface area contributed by atoms with Crippen LogP contribution in [0.15, 0.2) is 84.9 Å². The molecule has 5 rings (SSSR count). The minimum absolute atomic E-state index is 0.0161. The van der Waals surface area contributed by atoms with Crippen LogP contribution in [0.4, 0.5) is 5.69 Å². The number of rotatable bonds is 8. The van der Waals surface area contributed by atoms with Crippen LogP contribution in [-0.2, 0) is 24.1 Å². The van der Waals surface area contributed by atoms with E-state index in [1.807, 2.05) is 24.3 Å². The molecule has 0 aromatic heterocycles. The Labute approximate surface area is 238 Å². The smallest absolute Gasteiger partial charge is 0.227 e. The molecule has 5 nitrogen and oxygen atoms in total. The minimum Gasteiger partial charge on any atom is -0.399 e. The summed E-state index contributed by atoms with van der Waals surface area (Å²) in [5, 5.41) is 2.37. The van der Waals surface area contributed by atoms with Gasteiger partial charge >= 0.3 is 0 Å². The molecule has 1 aliphatic rings. The molecule has 0 saturated carbocycles. The number of carbonyl (C=O) groups is 1. The lowest BCUT2D eigenvalue weighted by Crippen LogP contribution is -2.61. The second kappa shape index (κ2) is 12.2. The van der Waals surface area contributed by atoms with Crippen molar-refractivity contribution in [3.05, 3.63) is 113 Å². The standard InChI is InChI=1S/C35H42N4O/c1-24-8-12-30(25(2)16-24)20-33(37)22-38-21-26(3)39(23-34(38)18-27-10-14-32(36)15-11-27)35(40)19-28-9-13-29-6-4-5-7-31(29)17-28/h4-17,26,33-34H,18-23,36-37H2,1-3H3/t26-,33?,34+/m1/s1. The Bertz CT molecular complexity index is 1460. The number of hydrogen-bond acceptors (Lipinski definition) is 4. The van der Waals surface area contributed by atoms with Gasteiger partial charge in [-0.1, -0.05) is 78.4 Å². The van der Waals surface area contributed by atoms with Crippen molar-refractivity contribution in [3.8, 4) is 0 Å². The highest BCUT2D eigenvalue weighted by molar-refractivity contribution is 5.85. The quantitative estimate of drug-likeness (QED) is 0.301. The predicted octanol–water partition coefficient (Wildman–Crippen LogP) is 5.30. The average Bonchev–Trinajstić information content (AvgIpc) is 2.92. The molecule has 1 unspecified atom stereocenters. The van der Waals surface area contributed by atoms with Gasteiger partial charge in [0.2, 0.25) is 5.91 Å². The number of hydrogen-bond donors (Lipinski definition) is 2. The lowest BCUT2D eigenvalue weighted by atomic mass is 9.96. The largest absolute Gasteiger partial charge is 0.399 e. The number of carbonyl (C=O) groups excluding carboxylic acids is 1. The highest BCUT2D eigenvalue weighted by atomic mass is 16.2. The second-order valence-electron chi connectivity index (χ2n) is 11.7. The number of nitrogens with zero attached hydrogens (tertiary/aromatic N) is 2. The van der Waals surface area contributed by atoms with Crippen LogP contribution >= 0.6 is 0 Å². The van der Waals surface area contributed by atoms with Crippen LogP contribution in [0.25, 0.3) is 10.8 Å². The molecule has 1 heterocycles. The zero-order valence-corrected chi connectivity index (χ0v) is 24.0. The molecule has 1 amide bonds. The highest BCUT2D eigenvalue weighted by Crippen LogP contribution is 2.23. The van der Waals surface area contributed by atoms with Crippen molar-refractivity contribution in [1.29, 1.82) is 0 Å². The first-order chi connectivity index (χ1) is 19.2. The Hall–Kier alpha value is -3.67. The third-order valence-electron chi connectivity index (χ3n) is 8.34. The minimum atomic E-state index is 0.0161. The molecule has 4 N–H and O–H groups in total. The fourth-order valence-corrected chi connectivity index (χ4v) is 6.15. The lowest BCUT2D eigenvalue weighted by Gasteiger charge is -2.46. The summed E-state index contributed by atoms with van der Waals surface area (Å²) in [6.07, 6.45) is 2.11. The fraction of sp³-hybridized carbons (Fsp3) is 0.343. The van der Waals surface area contributed by atoms with Crippen LogP contribution in [0.1, 0.15) is 34.7 Å². The van der Waals surface area contributed by atoms with Gasteiger partial charge in [-0.3, -0.25) is 9.69 Å². The van der Waals surface area contributed by atoms with Crippen molar-refractivity contribution in [1.82, 2.24) is 9.80 Å². The van der Waals surface area contributed by atoms with Crippen LogP contribution in [0.2, 0.25) is 0 Å². The van der Waals surface area contributed by atoms with Crippen molar-refractivity contribution >= 4 is 22.4 Å². The first-order valence-corrected chi connectivity index (χ1v) is 14.4. The van der Waals surface area contributed by atoms with Gasteiger partial charge in [-0.2, -0.15) is 0 Å². The van der Waals surface area contributed by atoms with E-state index >= 15 is 0 Å². The van der Waals surface area contributed by atoms with Gasteiger partial charge in [0.1, 0.15) is 0 Å². The predicted molar refractivity (Wildman–Crippen MR) is 166 cm³/mol. The number of amides is 1. The van der Waals surface area contributed by atoms with E-state index in [4.69, 9.17) is 11.5 Å². The van der Waals surface area contributed by atoms with E-state index in [0.29, 0.717) is 13.0 Å². The first-order valence-electron chi connectivity index (χ1n) is 14.4. The Morgan fingerprint density at radius 2 is 1.62 bits per heavy atom. The fourth-order valence-electron chi connectivity index (χ4n) is 6.15. The Morgan fingerprint density at radius 1 is 0.900 bits per heavy atom. The van der Waals surface area contributed by atoms with Crippen LogP contribution < -0.4 is 11.5 Å². The molecule has 1 fully saturated rings. The average molecular weight is 535 g/mol. The van der Waals surface area contributed by atoms with E-state index in [1.165, 1.54) is 33.0 Å². The Balaban J connectivity index is 1.31. The summed E-state index contributed by atoms with van der Waals surface area (Å²) < 4.78 is 0. The molecule has 1 aliphatic heterocycles. The molecule has 0 radical (unpaired) electrons. The van der Waals surface area contributed by atoms with E-state index in [0.717, 1.165) is 37.2 Å². The molecule has 4 aromatic rings. The van der Waals surface area contributed by atoms with Crippen molar-refractivity contribution in [2.75, 3.05) is 25.4 Å². The number of anilines is 1. The number of piperazine rings is 1. The zero-order chi connectivity index (χ0) is 28.2. The van der Waals surface area contributed by atoms with Crippen LogP contribution in [0, 0.1) is 13.8 Å². The molecule has 5 heteroatoms. The van der Waals surface area contributed by atoms with Crippen molar-refractivity contribution in [3.63, 3.8) is 0 Å². The number of benzene rings is 4. The molecule has 4 aromatic carbocycles. The third-order valence-corrected chi connectivity index (χ3v) is 8.34. The van der Waals surface area contributed by atoms with Crippen molar-refractivity contribution < 1.29 is 4.79 Å². The molecule has 0 bridgehead atoms. The zero-order valence-electron chi connectivity index (χ0n) is 24.0. The molecule has 40 heavy (non-hydrogen) atoms. The maximum Gasteiger partial charge on any atom is 0.227 e. The van der Waals surface area contributed by atoms with E-state index in [-0.39, 0.29) is 24.0 Å².